The van der Waals surface area contributed by atoms with Crippen molar-refractivity contribution in [3.63, 3.8) is 0 Å². The molecule has 3 heteroatoms. The van der Waals surface area contributed by atoms with E-state index in [1.807, 2.05) is 0 Å². The monoisotopic (exact) mass is 143 g/mol. The van der Waals surface area contributed by atoms with E-state index < -0.39 is 0 Å². The van der Waals surface area contributed by atoms with Crippen molar-refractivity contribution >= 4 is 5.84 Å². The van der Waals surface area contributed by atoms with Gasteiger partial charge in [-0.3, -0.25) is 5.41 Å². The van der Waals surface area contributed by atoms with E-state index in [0.717, 1.165) is 32.2 Å². The molecule has 0 saturated heterocycles. The molecule has 0 atom stereocenters. The predicted molar refractivity (Wildman–Crippen MR) is 44.1 cm³/mol. The van der Waals surface area contributed by atoms with Gasteiger partial charge in [-0.2, -0.15) is 0 Å². The van der Waals surface area contributed by atoms with Crippen molar-refractivity contribution in [1.82, 2.24) is 0 Å². The largest absolute Gasteiger partial charge is 0.388 e. The van der Waals surface area contributed by atoms with Crippen molar-refractivity contribution < 1.29 is 0 Å². The summed E-state index contributed by atoms with van der Waals surface area (Å²) in [5.41, 5.74) is 10.5. The maximum absolute atomic E-state index is 6.93. The molecule has 0 radical (unpaired) electrons. The Morgan fingerprint density at radius 1 is 1.10 bits per heavy atom. The second kappa shape index (κ2) is 6.55. The van der Waals surface area contributed by atoms with Gasteiger partial charge in [0.2, 0.25) is 0 Å². The Morgan fingerprint density at radius 2 is 1.70 bits per heavy atom. The van der Waals surface area contributed by atoms with Gasteiger partial charge in [-0.05, 0) is 19.4 Å². The first-order chi connectivity index (χ1) is 4.77. The highest BCUT2D eigenvalue weighted by molar-refractivity contribution is 5.76. The summed E-state index contributed by atoms with van der Waals surface area (Å²) in [6.07, 6.45) is 5.19. The normalized spacial score (nSPS) is 9.70. The van der Waals surface area contributed by atoms with Crippen LogP contribution >= 0.6 is 0 Å². The fourth-order valence-electron chi connectivity index (χ4n) is 0.813. The van der Waals surface area contributed by atoms with Crippen LogP contribution in [0.5, 0.6) is 0 Å². The summed E-state index contributed by atoms with van der Waals surface area (Å²) in [7, 11) is 0. The topological polar surface area (TPSA) is 75.9 Å². The molecule has 0 aliphatic carbocycles. The maximum atomic E-state index is 6.93. The Hall–Kier alpha value is -0.570. The van der Waals surface area contributed by atoms with Crippen LogP contribution in [0.2, 0.25) is 0 Å². The summed E-state index contributed by atoms with van der Waals surface area (Å²) in [6, 6.07) is 0. The molecule has 0 spiro atoms. The van der Waals surface area contributed by atoms with E-state index in [0.29, 0.717) is 5.84 Å². The molecule has 0 rings (SSSR count). The minimum Gasteiger partial charge on any atom is -0.388 e. The Labute approximate surface area is 62.3 Å². The Balaban J connectivity index is 2.84. The minimum absolute atomic E-state index is 0.299. The molecule has 0 amide bonds. The molecule has 3 nitrogen and oxygen atoms in total. The van der Waals surface area contributed by atoms with Crippen molar-refractivity contribution in [3.8, 4) is 0 Å². The first-order valence-corrected chi connectivity index (χ1v) is 3.80. The number of unbranched alkanes of at least 4 members (excludes halogenated alkanes) is 3. The lowest BCUT2D eigenvalue weighted by Gasteiger charge is -1.97. The summed E-state index contributed by atoms with van der Waals surface area (Å²) in [5, 5.41) is 6.93. The van der Waals surface area contributed by atoms with Crippen LogP contribution in [-0.4, -0.2) is 12.4 Å². The van der Waals surface area contributed by atoms with E-state index >= 15 is 0 Å². The van der Waals surface area contributed by atoms with Crippen LogP contribution in [0.3, 0.4) is 0 Å². The minimum atomic E-state index is 0.299. The number of hydrogen-bond donors (Lipinski definition) is 3. The third kappa shape index (κ3) is 7.43. The number of hydrogen-bond acceptors (Lipinski definition) is 2. The van der Waals surface area contributed by atoms with E-state index in [-0.39, 0.29) is 0 Å². The molecule has 5 N–H and O–H groups in total. The highest BCUT2D eigenvalue weighted by Crippen LogP contribution is 2.00. The van der Waals surface area contributed by atoms with E-state index in [2.05, 4.69) is 0 Å². The Bertz CT molecular complexity index is 90.9. The Morgan fingerprint density at radius 3 is 2.20 bits per heavy atom. The van der Waals surface area contributed by atoms with Crippen LogP contribution in [0.25, 0.3) is 0 Å². The first-order valence-electron chi connectivity index (χ1n) is 3.80. The quantitative estimate of drug-likeness (QED) is 0.292. The van der Waals surface area contributed by atoms with Gasteiger partial charge in [0, 0.05) is 6.42 Å². The molecule has 0 bridgehead atoms. The van der Waals surface area contributed by atoms with Gasteiger partial charge in [-0.25, -0.2) is 0 Å². The molecule has 0 fully saturated rings. The second-order valence-electron chi connectivity index (χ2n) is 2.48. The van der Waals surface area contributed by atoms with Gasteiger partial charge < -0.3 is 11.5 Å². The zero-order chi connectivity index (χ0) is 7.82. The van der Waals surface area contributed by atoms with Gasteiger partial charge in [0.1, 0.15) is 0 Å². The first kappa shape index (κ1) is 9.43. The second-order valence-corrected chi connectivity index (χ2v) is 2.48. The highest BCUT2D eigenvalue weighted by atomic mass is 14.7. The molecule has 0 aromatic rings. The number of nitrogens with two attached hydrogens (primary N) is 2. The standard InChI is InChI=1S/C7H17N3/c8-6-4-2-1-3-5-7(9)10/h1-6,8H2,(H3,9,10). The van der Waals surface area contributed by atoms with Crippen LogP contribution in [0.15, 0.2) is 0 Å². The van der Waals surface area contributed by atoms with Crippen LogP contribution in [-0.2, 0) is 0 Å². The maximum Gasteiger partial charge on any atom is 0.0905 e. The molecule has 0 aromatic heterocycles. The lowest BCUT2D eigenvalue weighted by molar-refractivity contribution is 0.658. The van der Waals surface area contributed by atoms with E-state index in [4.69, 9.17) is 16.9 Å². The van der Waals surface area contributed by atoms with Crippen molar-refractivity contribution in [2.24, 2.45) is 11.5 Å². The molecule has 10 heavy (non-hydrogen) atoms. The van der Waals surface area contributed by atoms with Gasteiger partial charge in [0.15, 0.2) is 0 Å². The van der Waals surface area contributed by atoms with Crippen LogP contribution < -0.4 is 11.5 Å². The van der Waals surface area contributed by atoms with Gasteiger partial charge in [0.05, 0.1) is 5.84 Å². The number of amidine groups is 1. The van der Waals surface area contributed by atoms with E-state index in [9.17, 15) is 0 Å². The third-order valence-corrected chi connectivity index (χ3v) is 1.40. The van der Waals surface area contributed by atoms with Gasteiger partial charge in [-0.1, -0.05) is 12.8 Å². The lowest BCUT2D eigenvalue weighted by atomic mass is 10.1. The molecule has 0 aliphatic rings. The SMILES string of the molecule is N=C(N)CCCCCCN. The van der Waals surface area contributed by atoms with Crippen LogP contribution in [0, 0.1) is 5.41 Å². The fourth-order valence-corrected chi connectivity index (χ4v) is 0.813. The van der Waals surface area contributed by atoms with Crippen molar-refractivity contribution in [1.29, 1.82) is 5.41 Å². The zero-order valence-electron chi connectivity index (χ0n) is 6.40. The average Bonchev–Trinajstić information content (AvgIpc) is 1.87. The molecule has 0 saturated carbocycles. The predicted octanol–water partition coefficient (Wildman–Crippen LogP) is 0.832. The van der Waals surface area contributed by atoms with Crippen molar-refractivity contribution in [2.75, 3.05) is 6.54 Å². The molecule has 0 aromatic carbocycles. The summed E-state index contributed by atoms with van der Waals surface area (Å²) < 4.78 is 0. The van der Waals surface area contributed by atoms with Crippen molar-refractivity contribution in [2.45, 2.75) is 32.1 Å². The van der Waals surface area contributed by atoms with E-state index in [1.54, 1.807) is 0 Å². The van der Waals surface area contributed by atoms with Crippen LogP contribution in [0.1, 0.15) is 32.1 Å². The molecule has 60 valence electrons. The summed E-state index contributed by atoms with van der Waals surface area (Å²) >= 11 is 0. The van der Waals surface area contributed by atoms with Gasteiger partial charge in [-0.15, -0.1) is 0 Å². The smallest absolute Gasteiger partial charge is 0.0905 e. The van der Waals surface area contributed by atoms with Crippen LogP contribution in [0.4, 0.5) is 0 Å². The molecule has 0 aliphatic heterocycles. The highest BCUT2D eigenvalue weighted by Gasteiger charge is 1.90. The lowest BCUT2D eigenvalue weighted by Crippen LogP contribution is -2.08. The average molecular weight is 143 g/mol. The van der Waals surface area contributed by atoms with Gasteiger partial charge in [0.25, 0.3) is 0 Å². The molecule has 0 heterocycles. The third-order valence-electron chi connectivity index (χ3n) is 1.40. The molecular weight excluding hydrogens is 126 g/mol. The van der Waals surface area contributed by atoms with Gasteiger partial charge >= 0.3 is 0 Å². The number of rotatable bonds is 6. The van der Waals surface area contributed by atoms with E-state index in [1.165, 1.54) is 6.42 Å². The zero-order valence-corrected chi connectivity index (χ0v) is 6.40. The van der Waals surface area contributed by atoms with Crippen molar-refractivity contribution in [3.05, 3.63) is 0 Å². The molecule has 0 unspecified atom stereocenters. The number of nitrogens with one attached hydrogen (secondary N) is 1. The fraction of sp³-hybridized carbons (Fsp3) is 0.857. The summed E-state index contributed by atoms with van der Waals surface area (Å²) in [6.45, 7) is 0.778. The summed E-state index contributed by atoms with van der Waals surface area (Å²) in [5.74, 6) is 0.299. The Kier molecular flexibility index (Phi) is 6.18. The molecular formula is C7H17N3. The summed E-state index contributed by atoms with van der Waals surface area (Å²) in [4.78, 5) is 0.